The molecular formula is C16H24ClN3O. The van der Waals surface area contributed by atoms with Gasteiger partial charge in [0.05, 0.1) is 17.7 Å². The molecule has 0 amide bonds. The second-order valence-electron chi connectivity index (χ2n) is 6.00. The Bertz CT molecular complexity index is 471. The van der Waals surface area contributed by atoms with Crippen molar-refractivity contribution in [1.29, 1.82) is 0 Å². The van der Waals surface area contributed by atoms with Gasteiger partial charge in [-0.3, -0.25) is 9.88 Å². The Morgan fingerprint density at radius 1 is 1.57 bits per heavy atom. The molecule has 21 heavy (non-hydrogen) atoms. The lowest BCUT2D eigenvalue weighted by atomic mass is 10.00. The highest BCUT2D eigenvalue weighted by Gasteiger charge is 2.35. The van der Waals surface area contributed by atoms with Crippen molar-refractivity contribution >= 4 is 11.6 Å². The summed E-state index contributed by atoms with van der Waals surface area (Å²) < 4.78 is 6.16. The van der Waals surface area contributed by atoms with Gasteiger partial charge in [0.2, 0.25) is 0 Å². The highest BCUT2D eigenvalue weighted by atomic mass is 35.5. The van der Waals surface area contributed by atoms with Gasteiger partial charge in [0.25, 0.3) is 0 Å². The van der Waals surface area contributed by atoms with E-state index in [2.05, 4.69) is 22.1 Å². The first-order valence-electron chi connectivity index (χ1n) is 7.95. The maximum Gasteiger partial charge on any atom is 0.0858 e. The van der Waals surface area contributed by atoms with Gasteiger partial charge in [0.1, 0.15) is 0 Å². The molecule has 2 aliphatic rings. The Labute approximate surface area is 131 Å². The van der Waals surface area contributed by atoms with Crippen molar-refractivity contribution in [2.45, 2.75) is 44.4 Å². The van der Waals surface area contributed by atoms with Crippen LogP contribution in [0.1, 0.15) is 25.3 Å². The van der Waals surface area contributed by atoms with E-state index in [1.807, 2.05) is 12.3 Å². The molecule has 0 aromatic carbocycles. The van der Waals surface area contributed by atoms with Crippen LogP contribution in [-0.4, -0.2) is 54.3 Å². The first-order valence-corrected chi connectivity index (χ1v) is 8.33. The van der Waals surface area contributed by atoms with Gasteiger partial charge in [-0.1, -0.05) is 18.5 Å². The highest BCUT2D eigenvalue weighted by molar-refractivity contribution is 6.31. The van der Waals surface area contributed by atoms with Crippen molar-refractivity contribution in [3.63, 3.8) is 0 Å². The lowest BCUT2D eigenvalue weighted by Gasteiger charge is -2.39. The molecule has 1 aromatic heterocycles. The van der Waals surface area contributed by atoms with E-state index in [1.165, 1.54) is 19.4 Å². The van der Waals surface area contributed by atoms with E-state index in [0.29, 0.717) is 12.1 Å². The molecule has 0 aliphatic carbocycles. The smallest absolute Gasteiger partial charge is 0.0858 e. The number of morpholine rings is 1. The number of hydrogen-bond donors (Lipinski definition) is 1. The number of nitrogens with zero attached hydrogens (tertiary/aromatic N) is 2. The number of hydrogen-bond acceptors (Lipinski definition) is 4. The maximum atomic E-state index is 6.26. The fourth-order valence-electron chi connectivity index (χ4n) is 3.49. The average molecular weight is 310 g/mol. The van der Waals surface area contributed by atoms with Gasteiger partial charge in [-0.25, -0.2) is 0 Å². The van der Waals surface area contributed by atoms with Crippen LogP contribution in [0.5, 0.6) is 0 Å². The van der Waals surface area contributed by atoms with Crippen LogP contribution < -0.4 is 5.32 Å². The molecule has 1 aromatic rings. The summed E-state index contributed by atoms with van der Waals surface area (Å²) in [6, 6.07) is 2.96. The van der Waals surface area contributed by atoms with Crippen molar-refractivity contribution in [2.24, 2.45) is 0 Å². The van der Waals surface area contributed by atoms with E-state index in [0.717, 1.165) is 36.7 Å². The summed E-state index contributed by atoms with van der Waals surface area (Å²) in [5.74, 6) is 0. The average Bonchev–Trinajstić information content (AvgIpc) is 2.96. The topological polar surface area (TPSA) is 37.4 Å². The van der Waals surface area contributed by atoms with Crippen molar-refractivity contribution in [1.82, 2.24) is 15.2 Å². The van der Waals surface area contributed by atoms with E-state index < -0.39 is 0 Å². The van der Waals surface area contributed by atoms with E-state index >= 15 is 0 Å². The summed E-state index contributed by atoms with van der Waals surface area (Å²) in [7, 11) is 0. The summed E-state index contributed by atoms with van der Waals surface area (Å²) in [6.07, 6.45) is 7.25. The summed E-state index contributed by atoms with van der Waals surface area (Å²) in [5.41, 5.74) is 1.14. The second-order valence-corrected chi connectivity index (χ2v) is 6.41. The molecule has 116 valence electrons. The standard InChI is InChI=1S/C16H24ClN3O/c1-2-19-15(8-12-5-6-18-9-14(12)17)16-10-20-7-3-4-13(20)11-21-16/h5-6,9,13,15-16,19H,2-4,7-8,10-11H2,1H3. The molecule has 0 bridgehead atoms. The Morgan fingerprint density at radius 2 is 2.48 bits per heavy atom. The van der Waals surface area contributed by atoms with Crippen LogP contribution in [0.15, 0.2) is 18.5 Å². The van der Waals surface area contributed by atoms with Crippen LogP contribution in [0.25, 0.3) is 0 Å². The van der Waals surface area contributed by atoms with Gasteiger partial charge >= 0.3 is 0 Å². The van der Waals surface area contributed by atoms with Crippen molar-refractivity contribution in [2.75, 3.05) is 26.2 Å². The molecule has 3 rings (SSSR count). The van der Waals surface area contributed by atoms with E-state index in [4.69, 9.17) is 16.3 Å². The Kier molecular flexibility index (Phi) is 5.11. The summed E-state index contributed by atoms with van der Waals surface area (Å²) in [6.45, 7) is 6.21. The van der Waals surface area contributed by atoms with Gasteiger partial charge < -0.3 is 10.1 Å². The Morgan fingerprint density at radius 3 is 3.29 bits per heavy atom. The summed E-state index contributed by atoms with van der Waals surface area (Å²) in [5, 5.41) is 4.32. The molecule has 2 saturated heterocycles. The van der Waals surface area contributed by atoms with E-state index in [1.54, 1.807) is 6.20 Å². The predicted molar refractivity (Wildman–Crippen MR) is 84.8 cm³/mol. The molecule has 2 fully saturated rings. The Hall–Kier alpha value is -0.680. The minimum Gasteiger partial charge on any atom is -0.374 e. The number of rotatable bonds is 5. The second kappa shape index (κ2) is 7.05. The predicted octanol–water partition coefficient (Wildman–Crippen LogP) is 2.12. The number of fused-ring (bicyclic) bond motifs is 1. The minimum atomic E-state index is 0.239. The first kappa shape index (κ1) is 15.2. The van der Waals surface area contributed by atoms with Crippen LogP contribution in [0.2, 0.25) is 5.02 Å². The normalized spacial score (nSPS) is 27.5. The monoisotopic (exact) mass is 309 g/mol. The van der Waals surface area contributed by atoms with Crippen molar-refractivity contribution < 1.29 is 4.74 Å². The lowest BCUT2D eigenvalue weighted by Crippen LogP contribution is -2.54. The molecule has 3 unspecified atom stereocenters. The van der Waals surface area contributed by atoms with Gasteiger partial charge in [-0.05, 0) is 44.0 Å². The summed E-state index contributed by atoms with van der Waals surface area (Å²) in [4.78, 5) is 6.65. The number of pyridine rings is 1. The first-order chi connectivity index (χ1) is 10.3. The molecule has 0 spiro atoms. The number of nitrogens with one attached hydrogen (secondary N) is 1. The fraction of sp³-hybridized carbons (Fsp3) is 0.688. The molecule has 4 nitrogen and oxygen atoms in total. The summed E-state index contributed by atoms with van der Waals surface area (Å²) >= 11 is 6.26. The molecule has 0 saturated carbocycles. The molecule has 3 heterocycles. The highest BCUT2D eigenvalue weighted by Crippen LogP contribution is 2.25. The van der Waals surface area contributed by atoms with Gasteiger partial charge in [0, 0.05) is 31.0 Å². The third kappa shape index (κ3) is 3.57. The third-order valence-corrected chi connectivity index (χ3v) is 4.97. The molecule has 0 radical (unpaired) electrons. The SMILES string of the molecule is CCNC(Cc1ccncc1Cl)C1CN2CCCC2CO1. The zero-order valence-corrected chi connectivity index (χ0v) is 13.4. The van der Waals surface area contributed by atoms with Crippen LogP contribution in [0.4, 0.5) is 0 Å². The number of halogens is 1. The van der Waals surface area contributed by atoms with Crippen LogP contribution >= 0.6 is 11.6 Å². The van der Waals surface area contributed by atoms with Crippen LogP contribution in [0.3, 0.4) is 0 Å². The van der Waals surface area contributed by atoms with E-state index in [-0.39, 0.29) is 6.10 Å². The molecule has 3 atom stereocenters. The molecule has 5 heteroatoms. The fourth-order valence-corrected chi connectivity index (χ4v) is 3.69. The Balaban J connectivity index is 1.68. The molecule has 2 aliphatic heterocycles. The van der Waals surface area contributed by atoms with Crippen molar-refractivity contribution in [3.05, 3.63) is 29.0 Å². The zero-order chi connectivity index (χ0) is 14.7. The van der Waals surface area contributed by atoms with Crippen LogP contribution in [-0.2, 0) is 11.2 Å². The van der Waals surface area contributed by atoms with Gasteiger partial charge in [-0.15, -0.1) is 0 Å². The number of likely N-dealkylation sites (N-methyl/N-ethyl adjacent to an activating group) is 1. The van der Waals surface area contributed by atoms with Crippen LogP contribution in [0, 0.1) is 0 Å². The minimum absolute atomic E-state index is 0.239. The lowest BCUT2D eigenvalue weighted by molar-refractivity contribution is -0.0641. The molecular weight excluding hydrogens is 286 g/mol. The van der Waals surface area contributed by atoms with Crippen molar-refractivity contribution in [3.8, 4) is 0 Å². The third-order valence-electron chi connectivity index (χ3n) is 4.63. The zero-order valence-electron chi connectivity index (χ0n) is 12.6. The molecule has 1 N–H and O–H groups in total. The number of aromatic nitrogens is 1. The van der Waals surface area contributed by atoms with E-state index in [9.17, 15) is 0 Å². The van der Waals surface area contributed by atoms with Gasteiger partial charge in [-0.2, -0.15) is 0 Å². The maximum absolute atomic E-state index is 6.26. The van der Waals surface area contributed by atoms with Gasteiger partial charge in [0.15, 0.2) is 0 Å². The largest absolute Gasteiger partial charge is 0.374 e. The quantitative estimate of drug-likeness (QED) is 0.904. The number of ether oxygens (including phenoxy) is 1.